The third-order valence-electron chi connectivity index (χ3n) is 2.41. The van der Waals surface area contributed by atoms with Crippen LogP contribution in [0.1, 0.15) is 37.5 Å². The zero-order chi connectivity index (χ0) is 10.8. The zero-order valence-corrected chi connectivity index (χ0v) is 9.04. The fourth-order valence-electron chi connectivity index (χ4n) is 1.39. The molecule has 14 heavy (non-hydrogen) atoms. The van der Waals surface area contributed by atoms with Crippen LogP contribution in [0.25, 0.3) is 0 Å². The van der Waals surface area contributed by atoms with Gasteiger partial charge in [0, 0.05) is 0 Å². The molecule has 0 saturated carbocycles. The van der Waals surface area contributed by atoms with Crippen LogP contribution in [0.3, 0.4) is 0 Å². The Bertz CT molecular complexity index is 311. The van der Waals surface area contributed by atoms with E-state index in [0.29, 0.717) is 0 Å². The SMILES string of the molecule is CC(C)(C)c1ccc(CO)c(CO)c1. The molecule has 0 aliphatic rings. The molecule has 0 saturated heterocycles. The second-order valence-electron chi connectivity index (χ2n) is 4.55. The van der Waals surface area contributed by atoms with Crippen molar-refractivity contribution in [1.82, 2.24) is 0 Å². The molecule has 0 spiro atoms. The first kappa shape index (κ1) is 11.2. The monoisotopic (exact) mass is 194 g/mol. The van der Waals surface area contributed by atoms with Crippen molar-refractivity contribution >= 4 is 0 Å². The van der Waals surface area contributed by atoms with E-state index < -0.39 is 0 Å². The predicted octanol–water partition coefficient (Wildman–Crippen LogP) is 1.97. The molecule has 0 atom stereocenters. The minimum Gasteiger partial charge on any atom is -0.392 e. The molecule has 2 N–H and O–H groups in total. The normalized spacial score (nSPS) is 11.8. The van der Waals surface area contributed by atoms with Gasteiger partial charge in [-0.2, -0.15) is 0 Å². The lowest BCUT2D eigenvalue weighted by molar-refractivity contribution is 0.259. The zero-order valence-electron chi connectivity index (χ0n) is 9.04. The molecular formula is C12H18O2. The highest BCUT2D eigenvalue weighted by Gasteiger charge is 2.14. The van der Waals surface area contributed by atoms with Crippen LogP contribution >= 0.6 is 0 Å². The Balaban J connectivity index is 3.14. The van der Waals surface area contributed by atoms with Crippen molar-refractivity contribution < 1.29 is 10.2 Å². The number of aliphatic hydroxyl groups excluding tert-OH is 2. The number of aliphatic hydroxyl groups is 2. The van der Waals surface area contributed by atoms with E-state index in [1.165, 1.54) is 5.56 Å². The van der Waals surface area contributed by atoms with Crippen LogP contribution in [0.4, 0.5) is 0 Å². The van der Waals surface area contributed by atoms with Gasteiger partial charge in [0.1, 0.15) is 0 Å². The van der Waals surface area contributed by atoms with Crippen LogP contribution in [0.5, 0.6) is 0 Å². The molecule has 0 aliphatic carbocycles. The molecule has 0 aromatic heterocycles. The minimum absolute atomic E-state index is 0.0136. The van der Waals surface area contributed by atoms with Crippen molar-refractivity contribution in [2.75, 3.05) is 0 Å². The van der Waals surface area contributed by atoms with E-state index in [1.807, 2.05) is 18.2 Å². The van der Waals surface area contributed by atoms with Gasteiger partial charge in [0.15, 0.2) is 0 Å². The Labute approximate surface area is 85.2 Å². The largest absolute Gasteiger partial charge is 0.392 e. The number of hydrogen-bond donors (Lipinski definition) is 2. The summed E-state index contributed by atoms with van der Waals surface area (Å²) in [5, 5.41) is 18.2. The molecule has 0 bridgehead atoms. The maximum Gasteiger partial charge on any atom is 0.0685 e. The van der Waals surface area contributed by atoms with Gasteiger partial charge in [0.2, 0.25) is 0 Å². The summed E-state index contributed by atoms with van der Waals surface area (Å²) in [6.45, 7) is 6.35. The Hall–Kier alpha value is -0.860. The lowest BCUT2D eigenvalue weighted by atomic mass is 9.85. The lowest BCUT2D eigenvalue weighted by Crippen LogP contribution is -2.12. The maximum atomic E-state index is 9.13. The van der Waals surface area contributed by atoms with E-state index in [0.717, 1.165) is 11.1 Å². The third kappa shape index (κ3) is 2.34. The fourth-order valence-corrected chi connectivity index (χ4v) is 1.39. The van der Waals surface area contributed by atoms with Gasteiger partial charge in [0.05, 0.1) is 13.2 Å². The Morgan fingerprint density at radius 3 is 2.00 bits per heavy atom. The van der Waals surface area contributed by atoms with Crippen LogP contribution in [0.2, 0.25) is 0 Å². The quantitative estimate of drug-likeness (QED) is 0.755. The summed E-state index contributed by atoms with van der Waals surface area (Å²) in [4.78, 5) is 0. The van der Waals surface area contributed by atoms with E-state index in [1.54, 1.807) is 0 Å². The third-order valence-corrected chi connectivity index (χ3v) is 2.41. The number of rotatable bonds is 2. The molecule has 0 unspecified atom stereocenters. The van der Waals surface area contributed by atoms with Crippen molar-refractivity contribution in [3.05, 3.63) is 34.9 Å². The summed E-state index contributed by atoms with van der Waals surface area (Å²) in [6.07, 6.45) is 0. The molecule has 0 radical (unpaired) electrons. The molecule has 1 aromatic rings. The molecule has 0 aliphatic heterocycles. The smallest absolute Gasteiger partial charge is 0.0685 e. The van der Waals surface area contributed by atoms with Gasteiger partial charge in [-0.25, -0.2) is 0 Å². The first-order valence-electron chi connectivity index (χ1n) is 4.83. The first-order chi connectivity index (χ1) is 6.49. The fraction of sp³-hybridized carbons (Fsp3) is 0.500. The maximum absolute atomic E-state index is 9.13. The highest BCUT2D eigenvalue weighted by Crippen LogP contribution is 2.24. The van der Waals surface area contributed by atoms with Gasteiger partial charge in [0.25, 0.3) is 0 Å². The van der Waals surface area contributed by atoms with Crippen LogP contribution in [0, 0.1) is 0 Å². The van der Waals surface area contributed by atoms with Crippen LogP contribution in [0.15, 0.2) is 18.2 Å². The molecule has 1 aromatic carbocycles. The average Bonchev–Trinajstić information content (AvgIpc) is 2.15. The van der Waals surface area contributed by atoms with E-state index in [9.17, 15) is 0 Å². The summed E-state index contributed by atoms with van der Waals surface area (Å²) in [5.41, 5.74) is 2.89. The van der Waals surface area contributed by atoms with Gasteiger partial charge in [-0.15, -0.1) is 0 Å². The van der Waals surface area contributed by atoms with E-state index >= 15 is 0 Å². The lowest BCUT2D eigenvalue weighted by Gasteiger charge is -2.20. The standard InChI is InChI=1S/C12H18O2/c1-12(2,3)11-5-4-9(7-13)10(6-11)8-14/h4-6,13-14H,7-8H2,1-3H3. The topological polar surface area (TPSA) is 40.5 Å². The second-order valence-corrected chi connectivity index (χ2v) is 4.55. The Morgan fingerprint density at radius 2 is 1.57 bits per heavy atom. The summed E-state index contributed by atoms with van der Waals surface area (Å²) < 4.78 is 0. The average molecular weight is 194 g/mol. The summed E-state index contributed by atoms with van der Waals surface area (Å²) >= 11 is 0. The molecule has 0 fully saturated rings. The van der Waals surface area contributed by atoms with Crippen molar-refractivity contribution in [3.8, 4) is 0 Å². The highest BCUT2D eigenvalue weighted by molar-refractivity contribution is 5.34. The minimum atomic E-state index is -0.0141. The summed E-state index contributed by atoms with van der Waals surface area (Å²) in [5.74, 6) is 0. The van der Waals surface area contributed by atoms with E-state index in [-0.39, 0.29) is 18.6 Å². The Kier molecular flexibility index (Phi) is 3.29. The van der Waals surface area contributed by atoms with Gasteiger partial charge in [-0.1, -0.05) is 39.0 Å². The van der Waals surface area contributed by atoms with Crippen LogP contribution in [-0.2, 0) is 18.6 Å². The first-order valence-corrected chi connectivity index (χ1v) is 4.83. The molecule has 2 nitrogen and oxygen atoms in total. The van der Waals surface area contributed by atoms with Crippen molar-refractivity contribution in [3.63, 3.8) is 0 Å². The molecule has 0 amide bonds. The highest BCUT2D eigenvalue weighted by atomic mass is 16.3. The van der Waals surface area contributed by atoms with Crippen molar-refractivity contribution in [2.24, 2.45) is 0 Å². The predicted molar refractivity (Wildman–Crippen MR) is 57.0 cm³/mol. The number of hydrogen-bond acceptors (Lipinski definition) is 2. The van der Waals surface area contributed by atoms with Gasteiger partial charge >= 0.3 is 0 Å². The summed E-state index contributed by atoms with van der Waals surface area (Å²) in [6, 6.07) is 5.85. The molecular weight excluding hydrogens is 176 g/mol. The van der Waals surface area contributed by atoms with Gasteiger partial charge < -0.3 is 10.2 Å². The molecule has 1 rings (SSSR count). The number of benzene rings is 1. The van der Waals surface area contributed by atoms with E-state index in [4.69, 9.17) is 10.2 Å². The van der Waals surface area contributed by atoms with Crippen LogP contribution in [-0.4, -0.2) is 10.2 Å². The van der Waals surface area contributed by atoms with Crippen molar-refractivity contribution in [2.45, 2.75) is 39.4 Å². The second kappa shape index (κ2) is 4.11. The summed E-state index contributed by atoms with van der Waals surface area (Å²) in [7, 11) is 0. The van der Waals surface area contributed by atoms with E-state index in [2.05, 4.69) is 20.8 Å². The molecule has 2 heteroatoms. The van der Waals surface area contributed by atoms with Gasteiger partial charge in [-0.3, -0.25) is 0 Å². The molecule has 78 valence electrons. The van der Waals surface area contributed by atoms with Gasteiger partial charge in [-0.05, 0) is 22.1 Å². The van der Waals surface area contributed by atoms with Crippen molar-refractivity contribution in [1.29, 1.82) is 0 Å². The molecule has 0 heterocycles. The van der Waals surface area contributed by atoms with Crippen LogP contribution < -0.4 is 0 Å². The Morgan fingerprint density at radius 1 is 1.00 bits per heavy atom.